The Labute approximate surface area is 149 Å². The molecule has 0 bridgehead atoms. The molecule has 4 nitrogen and oxygen atoms in total. The SMILES string of the molecule is CC/C(Cl)=C\C(=C(/C)OC)C(C)Nc1ccc(C(=O)O)cc1CC. The van der Waals surface area contributed by atoms with Crippen molar-refractivity contribution in [2.24, 2.45) is 0 Å². The number of aromatic carboxylic acids is 1. The van der Waals surface area contributed by atoms with Crippen LogP contribution in [0.4, 0.5) is 5.69 Å². The van der Waals surface area contributed by atoms with Crippen LogP contribution in [0, 0.1) is 0 Å². The molecule has 0 fully saturated rings. The molecule has 2 N–H and O–H groups in total. The fraction of sp³-hybridized carbons (Fsp3) is 0.421. The quantitative estimate of drug-likeness (QED) is 0.499. The van der Waals surface area contributed by atoms with E-state index in [1.54, 1.807) is 19.2 Å². The van der Waals surface area contributed by atoms with Gasteiger partial charge in [0.05, 0.1) is 24.5 Å². The lowest BCUT2D eigenvalue weighted by atomic mass is 10.0. The zero-order valence-corrected chi connectivity index (χ0v) is 15.7. The van der Waals surface area contributed by atoms with Gasteiger partial charge in [-0.25, -0.2) is 4.79 Å². The fourth-order valence-electron chi connectivity index (χ4n) is 2.39. The highest BCUT2D eigenvalue weighted by Gasteiger charge is 2.14. The third-order valence-corrected chi connectivity index (χ3v) is 4.31. The molecular weight excluding hydrogens is 326 g/mol. The van der Waals surface area contributed by atoms with Gasteiger partial charge in [-0.1, -0.05) is 25.4 Å². The number of benzene rings is 1. The highest BCUT2D eigenvalue weighted by molar-refractivity contribution is 6.29. The first-order chi connectivity index (χ1) is 11.3. The number of allylic oxidation sites excluding steroid dienone is 2. The van der Waals surface area contributed by atoms with E-state index in [-0.39, 0.29) is 6.04 Å². The number of hydrogen-bond donors (Lipinski definition) is 2. The number of carboxylic acids is 1. The molecular formula is C19H26ClNO3. The molecule has 0 amide bonds. The third kappa shape index (κ3) is 5.31. The van der Waals surface area contributed by atoms with Gasteiger partial charge in [0.1, 0.15) is 0 Å². The molecule has 1 unspecified atom stereocenters. The van der Waals surface area contributed by atoms with Crippen LogP contribution in [0.1, 0.15) is 50.0 Å². The molecule has 0 aliphatic carbocycles. The number of anilines is 1. The van der Waals surface area contributed by atoms with Gasteiger partial charge < -0.3 is 15.2 Å². The minimum Gasteiger partial charge on any atom is -0.501 e. The topological polar surface area (TPSA) is 58.6 Å². The number of halogens is 1. The zero-order valence-electron chi connectivity index (χ0n) is 14.9. The maximum atomic E-state index is 11.1. The minimum atomic E-state index is -0.919. The Morgan fingerprint density at radius 1 is 1.42 bits per heavy atom. The van der Waals surface area contributed by atoms with Gasteiger partial charge in [0, 0.05) is 16.3 Å². The first-order valence-corrected chi connectivity index (χ1v) is 8.45. The molecule has 0 saturated carbocycles. The van der Waals surface area contributed by atoms with E-state index in [9.17, 15) is 4.79 Å². The van der Waals surface area contributed by atoms with Crippen LogP contribution in [0.5, 0.6) is 0 Å². The first-order valence-electron chi connectivity index (χ1n) is 8.07. The third-order valence-electron chi connectivity index (χ3n) is 3.93. The van der Waals surface area contributed by atoms with E-state index in [2.05, 4.69) is 5.32 Å². The van der Waals surface area contributed by atoms with Crippen LogP contribution in [0.25, 0.3) is 0 Å². The van der Waals surface area contributed by atoms with Crippen molar-refractivity contribution in [3.63, 3.8) is 0 Å². The predicted molar refractivity (Wildman–Crippen MR) is 99.8 cm³/mol. The Morgan fingerprint density at radius 3 is 2.58 bits per heavy atom. The van der Waals surface area contributed by atoms with Gasteiger partial charge in [0.25, 0.3) is 0 Å². The second-order valence-corrected chi connectivity index (χ2v) is 6.04. The van der Waals surface area contributed by atoms with Crippen LogP contribution in [-0.2, 0) is 11.2 Å². The summed E-state index contributed by atoms with van der Waals surface area (Å²) in [5.41, 5.74) is 3.13. The van der Waals surface area contributed by atoms with Crippen molar-refractivity contribution in [1.82, 2.24) is 0 Å². The lowest BCUT2D eigenvalue weighted by Gasteiger charge is -2.21. The zero-order chi connectivity index (χ0) is 18.3. The molecule has 0 heterocycles. The Kier molecular flexibility index (Phi) is 7.86. The van der Waals surface area contributed by atoms with Gasteiger partial charge in [-0.3, -0.25) is 0 Å². The van der Waals surface area contributed by atoms with Gasteiger partial charge in [-0.05, 0) is 56.5 Å². The van der Waals surface area contributed by atoms with E-state index in [1.807, 2.05) is 39.8 Å². The van der Waals surface area contributed by atoms with Crippen LogP contribution in [0.15, 0.2) is 40.6 Å². The van der Waals surface area contributed by atoms with E-state index < -0.39 is 5.97 Å². The number of hydrogen-bond acceptors (Lipinski definition) is 3. The van der Waals surface area contributed by atoms with Crippen molar-refractivity contribution in [1.29, 1.82) is 0 Å². The van der Waals surface area contributed by atoms with E-state index in [0.717, 1.165) is 40.5 Å². The average molecular weight is 352 g/mol. The Bertz CT molecular complexity index is 650. The number of ether oxygens (including phenoxy) is 1. The highest BCUT2D eigenvalue weighted by Crippen LogP contribution is 2.24. The van der Waals surface area contributed by atoms with Gasteiger partial charge in [0.2, 0.25) is 0 Å². The van der Waals surface area contributed by atoms with Crippen molar-refractivity contribution in [2.75, 3.05) is 12.4 Å². The number of methoxy groups -OCH3 is 1. The Morgan fingerprint density at radius 2 is 2.08 bits per heavy atom. The number of carbonyl (C=O) groups is 1. The molecule has 5 heteroatoms. The average Bonchev–Trinajstić information content (AvgIpc) is 2.58. The largest absolute Gasteiger partial charge is 0.501 e. The normalized spacial score (nSPS) is 14.0. The second kappa shape index (κ2) is 9.38. The molecule has 132 valence electrons. The summed E-state index contributed by atoms with van der Waals surface area (Å²) in [6.07, 6.45) is 3.42. The van der Waals surface area contributed by atoms with Gasteiger partial charge >= 0.3 is 5.97 Å². The lowest BCUT2D eigenvalue weighted by Crippen LogP contribution is -2.20. The van der Waals surface area contributed by atoms with E-state index in [0.29, 0.717) is 5.56 Å². The molecule has 0 aromatic heterocycles. The molecule has 0 aliphatic heterocycles. The van der Waals surface area contributed by atoms with E-state index in [1.165, 1.54) is 0 Å². The van der Waals surface area contributed by atoms with Crippen molar-refractivity contribution < 1.29 is 14.6 Å². The fourth-order valence-corrected chi connectivity index (χ4v) is 2.51. The molecule has 0 spiro atoms. The maximum absolute atomic E-state index is 11.1. The molecule has 0 aliphatic rings. The number of carboxylic acid groups (broad SMARTS) is 1. The first kappa shape index (κ1) is 20.1. The van der Waals surface area contributed by atoms with Crippen LogP contribution < -0.4 is 5.32 Å². The summed E-state index contributed by atoms with van der Waals surface area (Å²) in [7, 11) is 1.63. The predicted octanol–water partition coefficient (Wildman–Crippen LogP) is 5.20. The summed E-state index contributed by atoms with van der Waals surface area (Å²) in [5, 5.41) is 13.3. The summed E-state index contributed by atoms with van der Waals surface area (Å²) in [6, 6.07) is 5.09. The minimum absolute atomic E-state index is 0.0359. The Hall–Kier alpha value is -1.94. The van der Waals surface area contributed by atoms with E-state index >= 15 is 0 Å². The van der Waals surface area contributed by atoms with Gasteiger partial charge in [0.15, 0.2) is 0 Å². The van der Waals surface area contributed by atoms with Gasteiger partial charge in [-0.15, -0.1) is 0 Å². The van der Waals surface area contributed by atoms with E-state index in [4.69, 9.17) is 21.4 Å². The standard InChI is InChI=1S/C19H26ClNO3/c1-6-14-10-15(19(22)23)8-9-18(14)21-12(3)17(13(4)24-5)11-16(20)7-2/h8-12,21H,6-7H2,1-5H3,(H,22,23)/b16-11+,17-13-. The van der Waals surface area contributed by atoms with Crippen molar-refractivity contribution in [2.45, 2.75) is 46.6 Å². The molecule has 0 radical (unpaired) electrons. The summed E-state index contributed by atoms with van der Waals surface area (Å²) < 4.78 is 5.38. The van der Waals surface area contributed by atoms with Crippen LogP contribution in [0.3, 0.4) is 0 Å². The number of aryl methyl sites for hydroxylation is 1. The molecule has 1 aromatic rings. The summed E-state index contributed by atoms with van der Waals surface area (Å²) in [6.45, 7) is 7.93. The maximum Gasteiger partial charge on any atom is 0.335 e. The molecule has 0 saturated heterocycles. The summed E-state index contributed by atoms with van der Waals surface area (Å²) in [4.78, 5) is 11.1. The molecule has 1 rings (SSSR count). The van der Waals surface area contributed by atoms with Crippen molar-refractivity contribution >= 4 is 23.3 Å². The summed E-state index contributed by atoms with van der Waals surface area (Å²) in [5.74, 6) is -0.125. The van der Waals surface area contributed by atoms with Crippen LogP contribution in [-0.4, -0.2) is 24.2 Å². The highest BCUT2D eigenvalue weighted by atomic mass is 35.5. The van der Waals surface area contributed by atoms with Crippen LogP contribution in [0.2, 0.25) is 0 Å². The smallest absolute Gasteiger partial charge is 0.335 e. The number of nitrogens with one attached hydrogen (secondary N) is 1. The second-order valence-electron chi connectivity index (χ2n) is 5.56. The summed E-state index contributed by atoms with van der Waals surface area (Å²) >= 11 is 6.20. The van der Waals surface area contributed by atoms with Crippen LogP contribution >= 0.6 is 11.6 Å². The van der Waals surface area contributed by atoms with Crippen molar-refractivity contribution in [3.8, 4) is 0 Å². The Balaban J connectivity index is 3.16. The molecule has 24 heavy (non-hydrogen) atoms. The molecule has 1 atom stereocenters. The van der Waals surface area contributed by atoms with Crippen molar-refractivity contribution in [3.05, 3.63) is 51.8 Å². The number of rotatable bonds is 8. The molecule has 1 aromatic carbocycles. The monoisotopic (exact) mass is 351 g/mol. The van der Waals surface area contributed by atoms with Gasteiger partial charge in [-0.2, -0.15) is 0 Å². The lowest BCUT2D eigenvalue weighted by molar-refractivity contribution is 0.0697.